The summed E-state index contributed by atoms with van der Waals surface area (Å²) >= 11 is 0. The first-order valence-electron chi connectivity index (χ1n) is 8.60. The van der Waals surface area contributed by atoms with Crippen molar-refractivity contribution in [2.24, 2.45) is 17.6 Å². The lowest BCUT2D eigenvalue weighted by atomic mass is 9.76. The molecule has 3 aliphatic rings. The minimum absolute atomic E-state index is 0.00725. The molecule has 3 rings (SSSR count). The van der Waals surface area contributed by atoms with Gasteiger partial charge in [0.15, 0.2) is 0 Å². The zero-order valence-corrected chi connectivity index (χ0v) is 13.7. The van der Waals surface area contributed by atoms with Crippen LogP contribution in [0.5, 0.6) is 0 Å². The number of fused-ring (bicyclic) bond motifs is 1. The van der Waals surface area contributed by atoms with Crippen molar-refractivity contribution in [1.29, 1.82) is 0 Å². The normalized spacial score (nSPS) is 36.3. The molecular weight excluding hydrogens is 286 g/mol. The molecule has 0 bridgehead atoms. The van der Waals surface area contributed by atoms with Crippen LogP contribution in [-0.2, 0) is 10.2 Å². The van der Waals surface area contributed by atoms with Crippen LogP contribution in [0.4, 0.5) is 0 Å². The molecule has 1 aliphatic carbocycles. The molecule has 122 valence electrons. The van der Waals surface area contributed by atoms with Crippen molar-refractivity contribution >= 4 is 10.2 Å². The van der Waals surface area contributed by atoms with Crippen LogP contribution in [-0.4, -0.2) is 49.2 Å². The highest BCUT2D eigenvalue weighted by Crippen LogP contribution is 2.37. The lowest BCUT2D eigenvalue weighted by molar-refractivity contribution is 0.126. The third kappa shape index (κ3) is 3.14. The van der Waals surface area contributed by atoms with Gasteiger partial charge >= 0.3 is 0 Å². The summed E-state index contributed by atoms with van der Waals surface area (Å²) < 4.78 is 29.4. The first kappa shape index (κ1) is 15.7. The Morgan fingerprint density at radius 1 is 0.905 bits per heavy atom. The second kappa shape index (κ2) is 6.52. The van der Waals surface area contributed by atoms with Crippen molar-refractivity contribution in [3.05, 3.63) is 0 Å². The highest BCUT2D eigenvalue weighted by molar-refractivity contribution is 7.86. The van der Waals surface area contributed by atoms with Crippen molar-refractivity contribution in [3.8, 4) is 0 Å². The van der Waals surface area contributed by atoms with Crippen LogP contribution < -0.4 is 5.73 Å². The van der Waals surface area contributed by atoms with Crippen LogP contribution in [0.15, 0.2) is 0 Å². The van der Waals surface area contributed by atoms with Crippen LogP contribution in [0, 0.1) is 11.8 Å². The first-order chi connectivity index (χ1) is 10.1. The summed E-state index contributed by atoms with van der Waals surface area (Å²) in [5.41, 5.74) is 5.80. The maximum Gasteiger partial charge on any atom is 0.282 e. The molecule has 0 aromatic rings. The number of hydrogen-bond donors (Lipinski definition) is 1. The third-order valence-electron chi connectivity index (χ3n) is 5.72. The quantitative estimate of drug-likeness (QED) is 0.859. The summed E-state index contributed by atoms with van der Waals surface area (Å²) in [5.74, 6) is 1.35. The number of rotatable bonds is 3. The standard InChI is InChI=1S/C15H29N3O2S/c16-11-15-7-3-4-9-18(15)21(19,20)17-10-8-13-5-1-2-6-14(13)12-17/h13-15H,1-12,16H2. The van der Waals surface area contributed by atoms with Gasteiger partial charge in [0.05, 0.1) is 0 Å². The minimum Gasteiger partial charge on any atom is -0.329 e. The zero-order valence-electron chi connectivity index (χ0n) is 12.9. The van der Waals surface area contributed by atoms with Crippen molar-refractivity contribution in [1.82, 2.24) is 8.61 Å². The van der Waals surface area contributed by atoms with E-state index in [9.17, 15) is 8.42 Å². The van der Waals surface area contributed by atoms with E-state index in [2.05, 4.69) is 0 Å². The fraction of sp³-hybridized carbons (Fsp3) is 1.00. The average Bonchev–Trinajstić information content (AvgIpc) is 2.54. The SMILES string of the molecule is NCC1CCCCN1S(=O)(=O)N1CCC2CCCCC2C1. The van der Waals surface area contributed by atoms with E-state index in [0.29, 0.717) is 25.6 Å². The van der Waals surface area contributed by atoms with Gasteiger partial charge in [-0.25, -0.2) is 0 Å². The van der Waals surface area contributed by atoms with E-state index in [4.69, 9.17) is 5.73 Å². The van der Waals surface area contributed by atoms with Gasteiger partial charge in [-0.2, -0.15) is 17.0 Å². The van der Waals surface area contributed by atoms with E-state index in [0.717, 1.165) is 38.1 Å². The topological polar surface area (TPSA) is 66.6 Å². The average molecular weight is 315 g/mol. The van der Waals surface area contributed by atoms with Crippen LogP contribution in [0.25, 0.3) is 0 Å². The lowest BCUT2D eigenvalue weighted by Crippen LogP contribution is -2.55. The first-order valence-corrected chi connectivity index (χ1v) is 9.99. The second-order valence-corrected chi connectivity index (χ2v) is 8.84. The van der Waals surface area contributed by atoms with Crippen LogP contribution in [0.2, 0.25) is 0 Å². The molecule has 1 saturated carbocycles. The van der Waals surface area contributed by atoms with E-state index in [-0.39, 0.29) is 6.04 Å². The molecule has 0 spiro atoms. The number of nitrogens with two attached hydrogens (primary N) is 1. The van der Waals surface area contributed by atoms with Gasteiger partial charge in [-0.3, -0.25) is 0 Å². The van der Waals surface area contributed by atoms with Crippen molar-refractivity contribution in [2.75, 3.05) is 26.2 Å². The highest BCUT2D eigenvalue weighted by Gasteiger charge is 2.40. The molecule has 6 heteroatoms. The molecular formula is C15H29N3O2S. The molecule has 2 N–H and O–H groups in total. The van der Waals surface area contributed by atoms with E-state index < -0.39 is 10.2 Å². The number of hydrogen-bond acceptors (Lipinski definition) is 3. The molecule has 3 atom stereocenters. The molecule has 2 saturated heterocycles. The minimum atomic E-state index is -3.31. The van der Waals surface area contributed by atoms with E-state index >= 15 is 0 Å². The largest absolute Gasteiger partial charge is 0.329 e. The van der Waals surface area contributed by atoms with Gasteiger partial charge in [0, 0.05) is 32.2 Å². The Hall–Kier alpha value is -0.170. The molecule has 5 nitrogen and oxygen atoms in total. The molecule has 0 amide bonds. The Labute approximate surface area is 129 Å². The third-order valence-corrected chi connectivity index (χ3v) is 7.78. The van der Waals surface area contributed by atoms with Crippen molar-refractivity contribution < 1.29 is 8.42 Å². The van der Waals surface area contributed by atoms with Crippen LogP contribution >= 0.6 is 0 Å². The Bertz CT molecular complexity index is 454. The molecule has 0 radical (unpaired) electrons. The summed E-state index contributed by atoms with van der Waals surface area (Å²) in [4.78, 5) is 0. The van der Waals surface area contributed by atoms with Crippen LogP contribution in [0.3, 0.4) is 0 Å². The maximum atomic E-state index is 13.0. The predicted molar refractivity (Wildman–Crippen MR) is 84.0 cm³/mol. The van der Waals surface area contributed by atoms with Crippen molar-refractivity contribution in [2.45, 2.75) is 57.4 Å². The zero-order chi connectivity index (χ0) is 14.9. The van der Waals surface area contributed by atoms with E-state index in [1.807, 2.05) is 0 Å². The number of nitrogens with zero attached hydrogens (tertiary/aromatic N) is 2. The Balaban J connectivity index is 1.72. The summed E-state index contributed by atoms with van der Waals surface area (Å²) in [6, 6.07) is 0.00725. The van der Waals surface area contributed by atoms with Gasteiger partial charge in [-0.15, -0.1) is 0 Å². The smallest absolute Gasteiger partial charge is 0.282 e. The van der Waals surface area contributed by atoms with Gasteiger partial charge in [0.25, 0.3) is 10.2 Å². The number of piperidine rings is 2. The summed E-state index contributed by atoms with van der Waals surface area (Å²) in [6.45, 7) is 2.53. The molecule has 3 unspecified atom stereocenters. The summed E-state index contributed by atoms with van der Waals surface area (Å²) in [6.07, 6.45) is 9.12. The molecule has 3 fully saturated rings. The van der Waals surface area contributed by atoms with Gasteiger partial charge in [-0.05, 0) is 37.5 Å². The Kier molecular flexibility index (Phi) is 4.88. The van der Waals surface area contributed by atoms with Crippen LogP contribution in [0.1, 0.15) is 51.4 Å². The predicted octanol–water partition coefficient (Wildman–Crippen LogP) is 1.56. The molecule has 21 heavy (non-hydrogen) atoms. The maximum absolute atomic E-state index is 13.0. The van der Waals surface area contributed by atoms with E-state index in [1.54, 1.807) is 8.61 Å². The van der Waals surface area contributed by atoms with Crippen molar-refractivity contribution in [3.63, 3.8) is 0 Å². The Morgan fingerprint density at radius 2 is 1.62 bits per heavy atom. The molecule has 0 aromatic carbocycles. The monoisotopic (exact) mass is 315 g/mol. The fourth-order valence-corrected chi connectivity index (χ4v) is 6.38. The molecule has 2 heterocycles. The molecule has 2 aliphatic heterocycles. The van der Waals surface area contributed by atoms with Gasteiger partial charge in [0.1, 0.15) is 0 Å². The summed E-state index contributed by atoms with van der Waals surface area (Å²) in [5, 5.41) is 0. The highest BCUT2D eigenvalue weighted by atomic mass is 32.2. The second-order valence-electron chi connectivity index (χ2n) is 6.96. The van der Waals surface area contributed by atoms with E-state index in [1.165, 1.54) is 25.7 Å². The van der Waals surface area contributed by atoms with Gasteiger partial charge in [-0.1, -0.05) is 25.7 Å². The fourth-order valence-electron chi connectivity index (χ4n) is 4.44. The summed E-state index contributed by atoms with van der Waals surface area (Å²) in [7, 11) is -3.31. The van der Waals surface area contributed by atoms with Gasteiger partial charge in [0.2, 0.25) is 0 Å². The molecule has 0 aromatic heterocycles. The lowest BCUT2D eigenvalue weighted by Gasteiger charge is -2.44. The van der Waals surface area contributed by atoms with Gasteiger partial charge < -0.3 is 5.73 Å². The Morgan fingerprint density at radius 3 is 2.38 bits per heavy atom.